The van der Waals surface area contributed by atoms with Crippen LogP contribution in [-0.2, 0) is 4.79 Å². The molecule has 16 heavy (non-hydrogen) atoms. The Morgan fingerprint density at radius 2 is 1.88 bits per heavy atom. The van der Waals surface area contributed by atoms with Crippen molar-refractivity contribution in [3.8, 4) is 5.75 Å². The Morgan fingerprint density at radius 1 is 1.25 bits per heavy atom. The number of methoxy groups -OCH3 is 1. The zero-order chi connectivity index (χ0) is 11.7. The van der Waals surface area contributed by atoms with Crippen molar-refractivity contribution in [1.29, 1.82) is 0 Å². The number of nitrogens with zero attached hydrogens (tertiary/aromatic N) is 1. The summed E-state index contributed by atoms with van der Waals surface area (Å²) < 4.78 is 5.02. The largest absolute Gasteiger partial charge is 0.497 e. The van der Waals surface area contributed by atoms with E-state index >= 15 is 0 Å². The average molecular weight is 220 g/mol. The van der Waals surface area contributed by atoms with Crippen LogP contribution in [0.5, 0.6) is 5.75 Å². The van der Waals surface area contributed by atoms with E-state index in [1.54, 1.807) is 31.4 Å². The smallest absolute Gasteiger partial charge is 0.324 e. The molecule has 2 rings (SSSR count). The molecule has 0 radical (unpaired) electrons. The molecule has 1 N–H and O–H groups in total. The Hall–Kier alpha value is -2.04. The van der Waals surface area contributed by atoms with Crippen LogP contribution < -0.4 is 10.1 Å². The van der Waals surface area contributed by atoms with Crippen LogP contribution >= 0.6 is 0 Å². The van der Waals surface area contributed by atoms with Gasteiger partial charge in [-0.2, -0.15) is 0 Å². The highest BCUT2D eigenvalue weighted by Crippen LogP contribution is 2.22. The number of ether oxygens (including phenoxy) is 1. The Morgan fingerprint density at radius 3 is 2.31 bits per heavy atom. The highest BCUT2D eigenvalue weighted by Gasteiger charge is 2.36. The van der Waals surface area contributed by atoms with Crippen LogP contribution in [0.15, 0.2) is 24.3 Å². The van der Waals surface area contributed by atoms with Gasteiger partial charge in [-0.15, -0.1) is 0 Å². The normalized spacial score (nSPS) is 19.9. The molecule has 5 heteroatoms. The summed E-state index contributed by atoms with van der Waals surface area (Å²) in [6, 6.07) is 6.09. The van der Waals surface area contributed by atoms with Gasteiger partial charge in [0.1, 0.15) is 11.8 Å². The first-order valence-electron chi connectivity index (χ1n) is 4.85. The summed E-state index contributed by atoms with van der Waals surface area (Å²) in [5, 5.41) is 2.60. The number of carbonyl (C=O) groups is 2. The second kappa shape index (κ2) is 3.84. The van der Waals surface area contributed by atoms with Gasteiger partial charge in [0.15, 0.2) is 0 Å². The van der Waals surface area contributed by atoms with Crippen LogP contribution in [0.2, 0.25) is 0 Å². The lowest BCUT2D eigenvalue weighted by atomic mass is 10.1. The molecule has 0 bridgehead atoms. The topological polar surface area (TPSA) is 58.6 Å². The fraction of sp³-hybridized carbons (Fsp3) is 0.273. The Labute approximate surface area is 93.0 Å². The highest BCUT2D eigenvalue weighted by molar-refractivity contribution is 6.04. The number of rotatable bonds is 2. The molecule has 1 saturated heterocycles. The molecule has 3 amide bonds. The summed E-state index contributed by atoms with van der Waals surface area (Å²) in [5.41, 5.74) is 0.753. The van der Waals surface area contributed by atoms with Gasteiger partial charge in [-0.1, -0.05) is 12.1 Å². The third-order valence-electron chi connectivity index (χ3n) is 2.60. The monoisotopic (exact) mass is 220 g/mol. The lowest BCUT2D eigenvalue weighted by Crippen LogP contribution is -2.25. The van der Waals surface area contributed by atoms with Crippen molar-refractivity contribution in [2.24, 2.45) is 0 Å². The number of hydrogen-bond donors (Lipinski definition) is 1. The molecule has 1 fully saturated rings. The Bertz CT molecular complexity index is 427. The number of nitrogens with one attached hydrogen (secondary N) is 1. The van der Waals surface area contributed by atoms with Gasteiger partial charge < -0.3 is 10.1 Å². The fourth-order valence-electron chi connectivity index (χ4n) is 1.60. The van der Waals surface area contributed by atoms with Gasteiger partial charge in [-0.05, 0) is 17.7 Å². The molecule has 1 aromatic rings. The van der Waals surface area contributed by atoms with Gasteiger partial charge in [-0.3, -0.25) is 9.69 Å². The highest BCUT2D eigenvalue weighted by atomic mass is 16.5. The molecule has 84 valence electrons. The maximum absolute atomic E-state index is 11.7. The maximum Gasteiger partial charge on any atom is 0.324 e. The molecule has 1 aliphatic heterocycles. The number of hydrogen-bond acceptors (Lipinski definition) is 3. The SMILES string of the molecule is COc1ccc(C2NC(=O)N(C)C2=O)cc1. The predicted octanol–water partition coefficient (Wildman–Crippen LogP) is 0.918. The average Bonchev–Trinajstić information content (AvgIpc) is 2.57. The van der Waals surface area contributed by atoms with Gasteiger partial charge in [0.25, 0.3) is 5.91 Å². The van der Waals surface area contributed by atoms with Crippen molar-refractivity contribution in [3.05, 3.63) is 29.8 Å². The van der Waals surface area contributed by atoms with E-state index in [0.717, 1.165) is 10.5 Å². The molecule has 1 aromatic carbocycles. The van der Waals surface area contributed by atoms with Crippen molar-refractivity contribution in [3.63, 3.8) is 0 Å². The van der Waals surface area contributed by atoms with Gasteiger partial charge in [0.05, 0.1) is 7.11 Å². The Kier molecular flexibility index (Phi) is 2.52. The first-order chi connectivity index (χ1) is 7.63. The molecule has 0 aromatic heterocycles. The molecular weight excluding hydrogens is 208 g/mol. The summed E-state index contributed by atoms with van der Waals surface area (Å²) in [5.74, 6) is 0.476. The number of urea groups is 1. The molecule has 0 spiro atoms. The van der Waals surface area contributed by atoms with Crippen LogP contribution in [0.3, 0.4) is 0 Å². The van der Waals surface area contributed by atoms with E-state index in [-0.39, 0.29) is 11.9 Å². The summed E-state index contributed by atoms with van der Waals surface area (Å²) in [6.45, 7) is 0. The van der Waals surface area contributed by atoms with E-state index in [2.05, 4.69) is 5.32 Å². The number of benzene rings is 1. The molecule has 0 aliphatic carbocycles. The minimum Gasteiger partial charge on any atom is -0.497 e. The van der Waals surface area contributed by atoms with Crippen molar-refractivity contribution in [1.82, 2.24) is 10.2 Å². The van der Waals surface area contributed by atoms with Crippen LogP contribution in [-0.4, -0.2) is 31.0 Å². The number of carbonyl (C=O) groups excluding carboxylic acids is 2. The lowest BCUT2D eigenvalue weighted by Gasteiger charge is -2.08. The minimum atomic E-state index is -0.580. The van der Waals surface area contributed by atoms with Gasteiger partial charge in [0.2, 0.25) is 0 Å². The standard InChI is InChI=1S/C11H12N2O3/c1-13-10(14)9(12-11(13)15)7-3-5-8(16-2)6-4-7/h3-6,9H,1-2H3,(H,12,15). The third-order valence-corrected chi connectivity index (χ3v) is 2.60. The van der Waals surface area contributed by atoms with E-state index in [4.69, 9.17) is 4.74 Å². The van der Waals surface area contributed by atoms with E-state index in [1.807, 2.05) is 0 Å². The molecule has 1 atom stereocenters. The summed E-state index contributed by atoms with van der Waals surface area (Å²) >= 11 is 0. The van der Waals surface area contributed by atoms with Crippen molar-refractivity contribution >= 4 is 11.9 Å². The van der Waals surface area contributed by atoms with Crippen molar-refractivity contribution < 1.29 is 14.3 Å². The first kappa shape index (κ1) is 10.5. The second-order valence-electron chi connectivity index (χ2n) is 3.55. The maximum atomic E-state index is 11.7. The summed E-state index contributed by atoms with van der Waals surface area (Å²) in [4.78, 5) is 24.0. The van der Waals surface area contributed by atoms with Crippen LogP contribution in [0.25, 0.3) is 0 Å². The van der Waals surface area contributed by atoms with Crippen LogP contribution in [0.4, 0.5) is 4.79 Å². The second-order valence-corrected chi connectivity index (χ2v) is 3.55. The fourth-order valence-corrected chi connectivity index (χ4v) is 1.60. The zero-order valence-corrected chi connectivity index (χ0v) is 9.06. The van der Waals surface area contributed by atoms with Gasteiger partial charge in [0, 0.05) is 7.05 Å². The first-order valence-corrected chi connectivity index (χ1v) is 4.85. The molecule has 1 heterocycles. The predicted molar refractivity (Wildman–Crippen MR) is 57.0 cm³/mol. The van der Waals surface area contributed by atoms with Crippen LogP contribution in [0, 0.1) is 0 Å². The number of likely N-dealkylation sites (N-methyl/N-ethyl adjacent to an activating group) is 1. The van der Waals surface area contributed by atoms with Gasteiger partial charge in [-0.25, -0.2) is 4.79 Å². The minimum absolute atomic E-state index is 0.241. The van der Waals surface area contributed by atoms with E-state index < -0.39 is 6.04 Å². The van der Waals surface area contributed by atoms with E-state index in [1.165, 1.54) is 7.05 Å². The molecule has 1 unspecified atom stereocenters. The Balaban J connectivity index is 2.25. The summed E-state index contributed by atoms with van der Waals surface area (Å²) in [6.07, 6.45) is 0. The molecule has 0 saturated carbocycles. The molecule has 5 nitrogen and oxygen atoms in total. The van der Waals surface area contributed by atoms with Crippen molar-refractivity contribution in [2.75, 3.05) is 14.2 Å². The quantitative estimate of drug-likeness (QED) is 0.754. The molecule has 1 aliphatic rings. The van der Waals surface area contributed by atoms with E-state index in [9.17, 15) is 9.59 Å². The lowest BCUT2D eigenvalue weighted by molar-refractivity contribution is -0.126. The van der Waals surface area contributed by atoms with Gasteiger partial charge >= 0.3 is 6.03 Å². The third kappa shape index (κ3) is 1.60. The number of imide groups is 1. The number of amides is 3. The van der Waals surface area contributed by atoms with Crippen LogP contribution in [0.1, 0.15) is 11.6 Å². The summed E-state index contributed by atoms with van der Waals surface area (Å²) in [7, 11) is 3.03. The van der Waals surface area contributed by atoms with E-state index in [0.29, 0.717) is 5.75 Å². The zero-order valence-electron chi connectivity index (χ0n) is 9.06. The molecular formula is C11H12N2O3. The van der Waals surface area contributed by atoms with Crippen molar-refractivity contribution in [2.45, 2.75) is 6.04 Å².